The molecule has 0 spiro atoms. The first kappa shape index (κ1) is 14.9. The highest BCUT2D eigenvalue weighted by Crippen LogP contribution is 2.23. The maximum atomic E-state index is 12.4. The SMILES string of the molecule is CCCn1ccc2ccc(NC(=O)N3CCC[C@@H]3CO)cc21. The normalized spacial score (nSPS) is 18.1. The van der Waals surface area contributed by atoms with Crippen molar-refractivity contribution in [2.75, 3.05) is 18.5 Å². The highest BCUT2D eigenvalue weighted by molar-refractivity contribution is 5.93. The molecule has 0 bridgehead atoms. The molecule has 1 fully saturated rings. The van der Waals surface area contributed by atoms with Gasteiger partial charge < -0.3 is 19.9 Å². The van der Waals surface area contributed by atoms with E-state index in [4.69, 9.17) is 0 Å². The predicted molar refractivity (Wildman–Crippen MR) is 88.1 cm³/mol. The van der Waals surface area contributed by atoms with Crippen LogP contribution in [0.5, 0.6) is 0 Å². The number of nitrogens with zero attached hydrogens (tertiary/aromatic N) is 2. The van der Waals surface area contributed by atoms with Crippen molar-refractivity contribution in [1.82, 2.24) is 9.47 Å². The molecule has 2 aromatic rings. The fourth-order valence-corrected chi connectivity index (χ4v) is 3.19. The molecule has 1 atom stereocenters. The lowest BCUT2D eigenvalue weighted by atomic mass is 10.2. The summed E-state index contributed by atoms with van der Waals surface area (Å²) in [6, 6.07) is 7.91. The van der Waals surface area contributed by atoms with Crippen LogP contribution in [0, 0.1) is 0 Å². The summed E-state index contributed by atoms with van der Waals surface area (Å²) in [4.78, 5) is 14.1. The fraction of sp³-hybridized carbons (Fsp3) is 0.471. The molecule has 0 aliphatic carbocycles. The number of aryl methyl sites for hydroxylation is 1. The molecule has 5 nitrogen and oxygen atoms in total. The summed E-state index contributed by atoms with van der Waals surface area (Å²) in [6.07, 6.45) is 4.99. The minimum atomic E-state index is -0.121. The van der Waals surface area contributed by atoms with Gasteiger partial charge in [-0.3, -0.25) is 0 Å². The summed E-state index contributed by atoms with van der Waals surface area (Å²) in [6.45, 7) is 3.87. The second-order valence-corrected chi connectivity index (χ2v) is 5.88. The molecule has 2 heterocycles. The number of aliphatic hydroxyl groups excluding tert-OH is 1. The Morgan fingerprint density at radius 2 is 2.27 bits per heavy atom. The molecule has 1 aromatic heterocycles. The number of benzene rings is 1. The number of carbonyl (C=O) groups is 1. The number of nitrogens with one attached hydrogen (secondary N) is 1. The zero-order chi connectivity index (χ0) is 15.5. The smallest absolute Gasteiger partial charge is 0.322 e. The van der Waals surface area contributed by atoms with Crippen molar-refractivity contribution in [1.29, 1.82) is 0 Å². The first-order chi connectivity index (χ1) is 10.7. The highest BCUT2D eigenvalue weighted by Gasteiger charge is 2.28. The van der Waals surface area contributed by atoms with E-state index in [2.05, 4.69) is 29.1 Å². The van der Waals surface area contributed by atoms with Crippen LogP contribution in [-0.4, -0.2) is 39.8 Å². The lowest BCUT2D eigenvalue weighted by Gasteiger charge is -2.23. The maximum absolute atomic E-state index is 12.4. The molecular weight excluding hydrogens is 278 g/mol. The Hall–Kier alpha value is -2.01. The topological polar surface area (TPSA) is 57.5 Å². The van der Waals surface area contributed by atoms with Crippen molar-refractivity contribution in [3.63, 3.8) is 0 Å². The molecule has 0 unspecified atom stereocenters. The van der Waals surface area contributed by atoms with Gasteiger partial charge in [0.25, 0.3) is 0 Å². The average molecular weight is 301 g/mol. The van der Waals surface area contributed by atoms with Gasteiger partial charge in [0.05, 0.1) is 18.2 Å². The van der Waals surface area contributed by atoms with Crippen molar-refractivity contribution in [3.05, 3.63) is 30.5 Å². The summed E-state index contributed by atoms with van der Waals surface area (Å²) in [7, 11) is 0. The number of anilines is 1. The van der Waals surface area contributed by atoms with Gasteiger partial charge in [0.1, 0.15) is 0 Å². The van der Waals surface area contributed by atoms with Crippen molar-refractivity contribution >= 4 is 22.6 Å². The molecule has 118 valence electrons. The van der Waals surface area contributed by atoms with Gasteiger partial charge in [0.15, 0.2) is 0 Å². The van der Waals surface area contributed by atoms with Crippen LogP contribution in [0.2, 0.25) is 0 Å². The van der Waals surface area contributed by atoms with E-state index in [-0.39, 0.29) is 18.7 Å². The van der Waals surface area contributed by atoms with Crippen LogP contribution in [-0.2, 0) is 6.54 Å². The number of carbonyl (C=O) groups excluding carboxylic acids is 1. The first-order valence-corrected chi connectivity index (χ1v) is 8.00. The van der Waals surface area contributed by atoms with Crippen LogP contribution in [0.15, 0.2) is 30.5 Å². The van der Waals surface area contributed by atoms with Gasteiger partial charge >= 0.3 is 6.03 Å². The number of aromatic nitrogens is 1. The summed E-state index contributed by atoms with van der Waals surface area (Å²) < 4.78 is 2.21. The largest absolute Gasteiger partial charge is 0.394 e. The molecular formula is C17H23N3O2. The number of aliphatic hydroxyl groups is 1. The molecule has 1 aliphatic heterocycles. The number of fused-ring (bicyclic) bond motifs is 1. The van der Waals surface area contributed by atoms with E-state index in [1.165, 1.54) is 5.39 Å². The Kier molecular flexibility index (Phi) is 4.34. The summed E-state index contributed by atoms with van der Waals surface area (Å²) in [5.74, 6) is 0. The number of hydrogen-bond donors (Lipinski definition) is 2. The number of urea groups is 1. The number of rotatable bonds is 4. The zero-order valence-electron chi connectivity index (χ0n) is 13.0. The minimum absolute atomic E-state index is 0.0335. The van der Waals surface area contributed by atoms with Gasteiger partial charge in [0.2, 0.25) is 0 Å². The molecule has 0 radical (unpaired) electrons. The Bertz CT molecular complexity index is 665. The van der Waals surface area contributed by atoms with Gasteiger partial charge in [-0.25, -0.2) is 4.79 Å². The van der Waals surface area contributed by atoms with Crippen LogP contribution in [0.1, 0.15) is 26.2 Å². The van der Waals surface area contributed by atoms with Crippen LogP contribution in [0.4, 0.5) is 10.5 Å². The lowest BCUT2D eigenvalue weighted by Crippen LogP contribution is -2.40. The minimum Gasteiger partial charge on any atom is -0.394 e. The van der Waals surface area contributed by atoms with Crippen LogP contribution in [0.25, 0.3) is 10.9 Å². The predicted octanol–water partition coefficient (Wildman–Crippen LogP) is 3.04. The summed E-state index contributed by atoms with van der Waals surface area (Å²) >= 11 is 0. The van der Waals surface area contributed by atoms with Crippen molar-refractivity contribution in [3.8, 4) is 0 Å². The van der Waals surface area contributed by atoms with E-state index >= 15 is 0 Å². The molecule has 1 aromatic carbocycles. The molecule has 5 heteroatoms. The third-order valence-corrected chi connectivity index (χ3v) is 4.34. The Morgan fingerprint density at radius 3 is 3.05 bits per heavy atom. The van der Waals surface area contributed by atoms with Crippen molar-refractivity contribution in [2.45, 2.75) is 38.8 Å². The molecule has 2 amide bonds. The van der Waals surface area contributed by atoms with Gasteiger partial charge in [-0.2, -0.15) is 0 Å². The monoisotopic (exact) mass is 301 g/mol. The Morgan fingerprint density at radius 1 is 1.41 bits per heavy atom. The van der Waals surface area contributed by atoms with E-state index < -0.39 is 0 Å². The number of amides is 2. The molecule has 1 aliphatic rings. The summed E-state index contributed by atoms with van der Waals surface area (Å²) in [5.41, 5.74) is 1.94. The van der Waals surface area contributed by atoms with Crippen LogP contribution in [0.3, 0.4) is 0 Å². The second-order valence-electron chi connectivity index (χ2n) is 5.88. The van der Waals surface area contributed by atoms with Gasteiger partial charge in [0, 0.05) is 25.0 Å². The first-order valence-electron chi connectivity index (χ1n) is 8.00. The number of likely N-dealkylation sites (tertiary alicyclic amines) is 1. The Balaban J connectivity index is 1.78. The maximum Gasteiger partial charge on any atom is 0.322 e. The average Bonchev–Trinajstić information content (AvgIpc) is 3.14. The molecule has 22 heavy (non-hydrogen) atoms. The zero-order valence-corrected chi connectivity index (χ0v) is 13.0. The molecule has 3 rings (SSSR count). The van der Waals surface area contributed by atoms with Crippen LogP contribution >= 0.6 is 0 Å². The second kappa shape index (κ2) is 6.40. The van der Waals surface area contributed by atoms with E-state index in [0.717, 1.165) is 37.0 Å². The lowest BCUT2D eigenvalue weighted by molar-refractivity contribution is 0.166. The molecule has 0 saturated carbocycles. The van der Waals surface area contributed by atoms with E-state index in [0.29, 0.717) is 6.54 Å². The third-order valence-electron chi connectivity index (χ3n) is 4.34. The third kappa shape index (κ3) is 2.81. The van der Waals surface area contributed by atoms with E-state index in [1.54, 1.807) is 4.90 Å². The van der Waals surface area contributed by atoms with E-state index in [9.17, 15) is 9.90 Å². The van der Waals surface area contributed by atoms with Crippen LogP contribution < -0.4 is 5.32 Å². The van der Waals surface area contributed by atoms with E-state index in [1.807, 2.05) is 18.2 Å². The molecule has 2 N–H and O–H groups in total. The van der Waals surface area contributed by atoms with Gasteiger partial charge in [-0.05, 0) is 42.8 Å². The van der Waals surface area contributed by atoms with Gasteiger partial charge in [-0.1, -0.05) is 13.0 Å². The van der Waals surface area contributed by atoms with Crippen molar-refractivity contribution in [2.24, 2.45) is 0 Å². The highest BCUT2D eigenvalue weighted by atomic mass is 16.3. The van der Waals surface area contributed by atoms with Gasteiger partial charge in [-0.15, -0.1) is 0 Å². The standard InChI is InChI=1S/C17H23N3O2/c1-2-8-19-10-7-13-5-6-14(11-16(13)19)18-17(22)20-9-3-4-15(20)12-21/h5-7,10-11,15,21H,2-4,8-9,12H2,1H3,(H,18,22)/t15-/m1/s1. The van der Waals surface area contributed by atoms with Crippen molar-refractivity contribution < 1.29 is 9.90 Å². The summed E-state index contributed by atoms with van der Waals surface area (Å²) in [5, 5.41) is 13.5. The fourth-order valence-electron chi connectivity index (χ4n) is 3.19. The quantitative estimate of drug-likeness (QED) is 0.912. The Labute approximate surface area is 130 Å². The molecule has 1 saturated heterocycles. The number of hydrogen-bond acceptors (Lipinski definition) is 2.